The monoisotopic (exact) mass is 294 g/mol. The molecule has 1 unspecified atom stereocenters. The molecule has 0 aromatic heterocycles. The van der Waals surface area contributed by atoms with E-state index in [0.717, 1.165) is 24.6 Å². The van der Waals surface area contributed by atoms with Crippen molar-refractivity contribution in [3.8, 4) is 11.5 Å². The van der Waals surface area contributed by atoms with Gasteiger partial charge >= 0.3 is 0 Å². The number of hydrogen-bond donors (Lipinski definition) is 2. The molecule has 3 aliphatic rings. The highest BCUT2D eigenvalue weighted by Crippen LogP contribution is 2.21. The molecule has 0 aromatic rings. The fourth-order valence-electron chi connectivity index (χ4n) is 2.40. The number of aliphatic hydroxyl groups excluding tert-OH is 1. The molecule has 7 nitrogen and oxygen atoms in total. The Kier molecular flexibility index (Phi) is 4.04. The molecule has 0 saturated carbocycles. The molecule has 20 heavy (non-hydrogen) atoms. The fraction of sp³-hybridized carbons (Fsp3) is 0.583. The largest absolute Gasteiger partial charge is 0.390 e. The molecule has 3 rings (SSSR count). The van der Waals surface area contributed by atoms with E-state index >= 15 is 0 Å². The van der Waals surface area contributed by atoms with Crippen LogP contribution in [0.3, 0.4) is 0 Å². The van der Waals surface area contributed by atoms with Crippen LogP contribution in [0.2, 0.25) is 0 Å². The normalized spacial score (nSPS) is 18.4. The van der Waals surface area contributed by atoms with Gasteiger partial charge in [-0.2, -0.15) is 11.8 Å². The highest BCUT2D eigenvalue weighted by molar-refractivity contribution is 7.99. The summed E-state index contributed by atoms with van der Waals surface area (Å²) >= 11 is 1.96. The molecule has 3 N–H and O–H groups in total. The summed E-state index contributed by atoms with van der Waals surface area (Å²) in [5, 5.41) is 10.2. The Hall–Kier alpha value is -1.38. The van der Waals surface area contributed by atoms with Gasteiger partial charge in [0.2, 0.25) is 0 Å². The summed E-state index contributed by atoms with van der Waals surface area (Å²) in [6, 6.07) is 0. The molecule has 0 aromatic carbocycles. The predicted octanol–water partition coefficient (Wildman–Crippen LogP) is -0.230. The second-order valence-electron chi connectivity index (χ2n) is 4.89. The van der Waals surface area contributed by atoms with Gasteiger partial charge in [0.1, 0.15) is 12.0 Å². The van der Waals surface area contributed by atoms with Gasteiger partial charge in [0.15, 0.2) is 11.6 Å². The number of imidazole rings is 1. The molecule has 0 amide bonds. The van der Waals surface area contributed by atoms with E-state index in [1.807, 2.05) is 16.3 Å². The third-order valence-electron chi connectivity index (χ3n) is 3.41. The lowest BCUT2D eigenvalue weighted by atomic mass is 10.3. The Labute approximate surface area is 121 Å². The molecule has 3 aliphatic heterocycles. The van der Waals surface area contributed by atoms with Gasteiger partial charge in [-0.3, -0.25) is 4.90 Å². The van der Waals surface area contributed by atoms with Gasteiger partial charge in [0.25, 0.3) is 0 Å². The Morgan fingerprint density at radius 2 is 2.05 bits per heavy atom. The summed E-state index contributed by atoms with van der Waals surface area (Å²) in [7, 11) is 0. The van der Waals surface area contributed by atoms with E-state index in [9.17, 15) is 5.11 Å². The number of hydrogen-bond acceptors (Lipinski definition) is 7. The number of β-amino-alcohol motifs (C(OH)–C–C–N with tert-alkyl or cyclic N) is 1. The minimum Gasteiger partial charge on any atom is -0.390 e. The summed E-state index contributed by atoms with van der Waals surface area (Å²) in [4.78, 5) is 14.7. The van der Waals surface area contributed by atoms with Crippen LogP contribution in [-0.2, 0) is 6.54 Å². The zero-order valence-corrected chi connectivity index (χ0v) is 12.0. The Bertz CT molecular complexity index is 541. The quantitative estimate of drug-likeness (QED) is 0.804. The number of nitrogens with zero attached hydrogens (tertiary/aromatic N) is 5. The topological polar surface area (TPSA) is 93.1 Å². The lowest BCUT2D eigenvalue weighted by Crippen LogP contribution is -2.39. The molecular weight excluding hydrogens is 276 g/mol. The summed E-state index contributed by atoms with van der Waals surface area (Å²) in [5.74, 6) is 3.33. The number of anilines is 1. The van der Waals surface area contributed by atoms with E-state index in [4.69, 9.17) is 5.73 Å². The summed E-state index contributed by atoms with van der Waals surface area (Å²) in [6.45, 7) is 3.20. The molecular formula is C12H18N6OS. The average Bonchev–Trinajstić information content (AvgIpc) is 2.93. The zero-order chi connectivity index (χ0) is 13.9. The first-order valence-corrected chi connectivity index (χ1v) is 7.79. The maximum absolute atomic E-state index is 10.2. The molecule has 0 radical (unpaired) electrons. The van der Waals surface area contributed by atoms with Gasteiger partial charge in [0, 0.05) is 31.1 Å². The standard InChI is InChI=1S/C12H18N6OS/c13-11-10-12(15-7-14-10)18(8-16-11)6-9(19)5-17-1-3-20-4-2-17/h7-9,19H,1-6,13H2. The number of rotatable bonds is 4. The van der Waals surface area contributed by atoms with E-state index in [1.165, 1.54) is 6.33 Å². The zero-order valence-electron chi connectivity index (χ0n) is 11.1. The number of thioether (sulfide) groups is 1. The third kappa shape index (κ3) is 2.87. The molecule has 3 heterocycles. The Morgan fingerprint density at radius 3 is 2.85 bits per heavy atom. The van der Waals surface area contributed by atoms with Crippen molar-refractivity contribution in [3.63, 3.8) is 0 Å². The van der Waals surface area contributed by atoms with Crippen LogP contribution >= 0.6 is 11.8 Å². The molecule has 1 fully saturated rings. The molecule has 0 bridgehead atoms. The minimum atomic E-state index is -0.451. The van der Waals surface area contributed by atoms with Crippen molar-refractivity contribution in [1.82, 2.24) is 24.4 Å². The SMILES string of the molecule is Nc1ncn(CC(O)CN2CCSCC2)c2ncnc1-2. The van der Waals surface area contributed by atoms with Crippen LogP contribution in [0.4, 0.5) is 5.82 Å². The van der Waals surface area contributed by atoms with Crippen LogP contribution in [0.1, 0.15) is 0 Å². The van der Waals surface area contributed by atoms with E-state index in [1.54, 1.807) is 6.33 Å². The predicted molar refractivity (Wildman–Crippen MR) is 78.6 cm³/mol. The van der Waals surface area contributed by atoms with Gasteiger partial charge in [-0.15, -0.1) is 0 Å². The van der Waals surface area contributed by atoms with Crippen molar-refractivity contribution in [2.45, 2.75) is 12.6 Å². The number of nitrogens with two attached hydrogens (primary N) is 1. The van der Waals surface area contributed by atoms with Crippen molar-refractivity contribution in [3.05, 3.63) is 12.7 Å². The minimum absolute atomic E-state index is 0.372. The maximum atomic E-state index is 10.2. The molecule has 1 saturated heterocycles. The third-order valence-corrected chi connectivity index (χ3v) is 4.35. The van der Waals surface area contributed by atoms with Crippen LogP contribution in [0, 0.1) is 0 Å². The molecule has 0 spiro atoms. The van der Waals surface area contributed by atoms with Gasteiger partial charge in [-0.1, -0.05) is 0 Å². The highest BCUT2D eigenvalue weighted by atomic mass is 32.2. The highest BCUT2D eigenvalue weighted by Gasteiger charge is 2.19. The number of nitrogen functional groups attached to an aromatic ring is 1. The fourth-order valence-corrected chi connectivity index (χ4v) is 3.38. The molecule has 8 heteroatoms. The van der Waals surface area contributed by atoms with E-state index < -0.39 is 6.10 Å². The first-order chi connectivity index (χ1) is 9.74. The number of aromatic nitrogens is 4. The van der Waals surface area contributed by atoms with Crippen molar-refractivity contribution >= 4 is 17.6 Å². The van der Waals surface area contributed by atoms with E-state index in [2.05, 4.69) is 19.9 Å². The van der Waals surface area contributed by atoms with Gasteiger partial charge < -0.3 is 15.4 Å². The maximum Gasteiger partial charge on any atom is 0.165 e. The van der Waals surface area contributed by atoms with Gasteiger partial charge in [0.05, 0.1) is 19.0 Å². The number of fused-ring (bicyclic) bond motifs is 1. The molecule has 0 aliphatic carbocycles. The summed E-state index contributed by atoms with van der Waals surface area (Å²) in [5.41, 5.74) is 6.34. The van der Waals surface area contributed by atoms with Crippen molar-refractivity contribution in [2.24, 2.45) is 0 Å². The van der Waals surface area contributed by atoms with Crippen molar-refractivity contribution in [2.75, 3.05) is 36.9 Å². The Morgan fingerprint density at radius 1 is 1.25 bits per heavy atom. The summed E-state index contributed by atoms with van der Waals surface area (Å²) in [6.07, 6.45) is 2.63. The second kappa shape index (κ2) is 5.94. The van der Waals surface area contributed by atoms with E-state index in [-0.39, 0.29) is 0 Å². The van der Waals surface area contributed by atoms with Crippen LogP contribution in [0.25, 0.3) is 11.5 Å². The summed E-state index contributed by atoms with van der Waals surface area (Å²) < 4.78 is 1.81. The first-order valence-electron chi connectivity index (χ1n) is 6.63. The molecule has 1 atom stereocenters. The number of aliphatic hydroxyl groups is 1. The second-order valence-corrected chi connectivity index (χ2v) is 6.12. The van der Waals surface area contributed by atoms with Gasteiger partial charge in [-0.25, -0.2) is 15.0 Å². The average molecular weight is 294 g/mol. The van der Waals surface area contributed by atoms with Crippen LogP contribution in [0.15, 0.2) is 12.7 Å². The van der Waals surface area contributed by atoms with Gasteiger partial charge in [-0.05, 0) is 0 Å². The van der Waals surface area contributed by atoms with Crippen molar-refractivity contribution in [1.29, 1.82) is 0 Å². The smallest absolute Gasteiger partial charge is 0.165 e. The van der Waals surface area contributed by atoms with E-state index in [0.29, 0.717) is 30.4 Å². The van der Waals surface area contributed by atoms with Crippen molar-refractivity contribution < 1.29 is 5.11 Å². The Balaban J connectivity index is 1.66. The van der Waals surface area contributed by atoms with Crippen LogP contribution in [-0.4, -0.2) is 66.8 Å². The lowest BCUT2D eigenvalue weighted by molar-refractivity contribution is 0.103. The van der Waals surface area contributed by atoms with Crippen LogP contribution in [0.5, 0.6) is 0 Å². The van der Waals surface area contributed by atoms with Crippen LogP contribution < -0.4 is 5.73 Å². The lowest BCUT2D eigenvalue weighted by Gasteiger charge is -2.28. The first kappa shape index (κ1) is 13.6. The molecule has 108 valence electrons.